The van der Waals surface area contributed by atoms with E-state index in [4.69, 9.17) is 15.2 Å². The van der Waals surface area contributed by atoms with Crippen molar-refractivity contribution in [2.24, 2.45) is 5.73 Å². The minimum absolute atomic E-state index is 0.0227. The minimum Gasteiger partial charge on any atom is -0.492 e. The molecule has 2 rings (SSSR count). The maximum atomic E-state index is 11.8. The van der Waals surface area contributed by atoms with Crippen LogP contribution in [0.3, 0.4) is 0 Å². The van der Waals surface area contributed by atoms with Crippen LogP contribution in [-0.4, -0.2) is 37.8 Å². The van der Waals surface area contributed by atoms with E-state index in [1.54, 1.807) is 0 Å². The Morgan fingerprint density at radius 3 is 2.80 bits per heavy atom. The van der Waals surface area contributed by atoms with E-state index in [1.165, 1.54) is 5.56 Å². The molecule has 0 bridgehead atoms. The standard InChI is InChI=1S/C15H22N2O3/c1-11-2-4-12(5-3-11)19-9-8-17-15(18)14-7-6-13(10-16)20-14/h2-5,13-14H,6-10,16H2,1H3,(H,17,18)/t13-,14+/m1/s1. The number of amides is 1. The first-order chi connectivity index (χ1) is 9.69. The second-order valence-electron chi connectivity index (χ2n) is 5.01. The van der Waals surface area contributed by atoms with Gasteiger partial charge in [-0.3, -0.25) is 4.79 Å². The summed E-state index contributed by atoms with van der Waals surface area (Å²) in [7, 11) is 0. The smallest absolute Gasteiger partial charge is 0.249 e. The van der Waals surface area contributed by atoms with Crippen LogP contribution in [0.1, 0.15) is 18.4 Å². The fourth-order valence-electron chi connectivity index (χ4n) is 2.16. The maximum Gasteiger partial charge on any atom is 0.249 e. The number of aryl methyl sites for hydroxylation is 1. The molecule has 0 spiro atoms. The molecule has 0 radical (unpaired) electrons. The summed E-state index contributed by atoms with van der Waals surface area (Å²) in [6, 6.07) is 7.83. The van der Waals surface area contributed by atoms with Crippen molar-refractivity contribution < 1.29 is 14.3 Å². The van der Waals surface area contributed by atoms with Crippen molar-refractivity contribution in [1.82, 2.24) is 5.32 Å². The Balaban J connectivity index is 1.63. The van der Waals surface area contributed by atoms with Crippen LogP contribution in [0.25, 0.3) is 0 Å². The van der Waals surface area contributed by atoms with E-state index >= 15 is 0 Å². The molecular weight excluding hydrogens is 256 g/mol. The molecule has 1 fully saturated rings. The molecule has 5 heteroatoms. The Morgan fingerprint density at radius 2 is 2.15 bits per heavy atom. The lowest BCUT2D eigenvalue weighted by Crippen LogP contribution is -2.37. The molecule has 0 unspecified atom stereocenters. The van der Waals surface area contributed by atoms with Crippen molar-refractivity contribution >= 4 is 5.91 Å². The Kier molecular flexibility index (Phi) is 5.38. The number of ether oxygens (including phenoxy) is 2. The van der Waals surface area contributed by atoms with Crippen LogP contribution >= 0.6 is 0 Å². The molecule has 110 valence electrons. The lowest BCUT2D eigenvalue weighted by atomic mass is 10.2. The monoisotopic (exact) mass is 278 g/mol. The highest BCUT2D eigenvalue weighted by atomic mass is 16.5. The van der Waals surface area contributed by atoms with Gasteiger partial charge in [-0.05, 0) is 31.9 Å². The number of rotatable bonds is 6. The second-order valence-corrected chi connectivity index (χ2v) is 5.01. The quantitative estimate of drug-likeness (QED) is 0.761. The van der Waals surface area contributed by atoms with Gasteiger partial charge in [0.05, 0.1) is 12.6 Å². The number of carbonyl (C=O) groups excluding carboxylic acids is 1. The third-order valence-electron chi connectivity index (χ3n) is 3.35. The van der Waals surface area contributed by atoms with E-state index < -0.39 is 0 Å². The Hall–Kier alpha value is -1.59. The van der Waals surface area contributed by atoms with Crippen LogP contribution in [0.5, 0.6) is 5.75 Å². The topological polar surface area (TPSA) is 73.6 Å². The third-order valence-corrected chi connectivity index (χ3v) is 3.35. The van der Waals surface area contributed by atoms with Crippen molar-refractivity contribution in [2.75, 3.05) is 19.7 Å². The van der Waals surface area contributed by atoms with Gasteiger partial charge in [0.1, 0.15) is 18.5 Å². The highest BCUT2D eigenvalue weighted by Gasteiger charge is 2.29. The van der Waals surface area contributed by atoms with Gasteiger partial charge in [0, 0.05) is 6.54 Å². The summed E-state index contributed by atoms with van der Waals surface area (Å²) < 4.78 is 11.1. The van der Waals surface area contributed by atoms with E-state index in [2.05, 4.69) is 5.32 Å². The summed E-state index contributed by atoms with van der Waals surface area (Å²) in [6.45, 7) is 3.42. The van der Waals surface area contributed by atoms with Crippen LogP contribution in [0.2, 0.25) is 0 Å². The number of hydrogen-bond donors (Lipinski definition) is 2. The second kappa shape index (κ2) is 7.26. The van der Waals surface area contributed by atoms with Crippen LogP contribution < -0.4 is 15.8 Å². The first-order valence-corrected chi connectivity index (χ1v) is 7.01. The number of hydrogen-bond acceptors (Lipinski definition) is 4. The molecule has 2 atom stereocenters. The van der Waals surface area contributed by atoms with Crippen LogP contribution in [0, 0.1) is 6.92 Å². The number of carbonyl (C=O) groups is 1. The molecule has 0 aliphatic carbocycles. The van der Waals surface area contributed by atoms with Gasteiger partial charge in [-0.15, -0.1) is 0 Å². The lowest BCUT2D eigenvalue weighted by molar-refractivity contribution is -0.131. The minimum atomic E-state index is -0.358. The van der Waals surface area contributed by atoms with Gasteiger partial charge >= 0.3 is 0 Å². The van der Waals surface area contributed by atoms with Crippen molar-refractivity contribution in [2.45, 2.75) is 32.0 Å². The van der Waals surface area contributed by atoms with Gasteiger partial charge in [0.25, 0.3) is 0 Å². The normalized spacial score (nSPS) is 21.7. The van der Waals surface area contributed by atoms with Gasteiger partial charge in [0.15, 0.2) is 0 Å². The van der Waals surface area contributed by atoms with Crippen molar-refractivity contribution in [3.63, 3.8) is 0 Å². The fraction of sp³-hybridized carbons (Fsp3) is 0.533. The first kappa shape index (κ1) is 14.8. The molecule has 0 aromatic heterocycles. The van der Waals surface area contributed by atoms with E-state index in [0.717, 1.165) is 18.6 Å². The zero-order valence-electron chi connectivity index (χ0n) is 11.8. The van der Waals surface area contributed by atoms with Crippen LogP contribution in [0.4, 0.5) is 0 Å². The third kappa shape index (κ3) is 4.21. The average Bonchev–Trinajstić information content (AvgIpc) is 2.94. The summed E-state index contributed by atoms with van der Waals surface area (Å²) in [5.41, 5.74) is 6.71. The van der Waals surface area contributed by atoms with Gasteiger partial charge in [-0.25, -0.2) is 0 Å². The summed E-state index contributed by atoms with van der Waals surface area (Å²) in [6.07, 6.45) is 1.26. The summed E-state index contributed by atoms with van der Waals surface area (Å²) in [5, 5.41) is 2.82. The summed E-state index contributed by atoms with van der Waals surface area (Å²) in [4.78, 5) is 11.8. The number of nitrogens with two attached hydrogens (primary N) is 1. The van der Waals surface area contributed by atoms with Crippen LogP contribution in [-0.2, 0) is 9.53 Å². The first-order valence-electron chi connectivity index (χ1n) is 7.01. The van der Waals surface area contributed by atoms with Gasteiger partial charge in [-0.2, -0.15) is 0 Å². The molecule has 1 saturated heterocycles. The van der Waals surface area contributed by atoms with Gasteiger partial charge in [0.2, 0.25) is 5.91 Å². The molecule has 0 saturated carbocycles. The molecule has 1 aromatic rings. The molecule has 1 amide bonds. The number of nitrogens with one attached hydrogen (secondary N) is 1. The highest BCUT2D eigenvalue weighted by Crippen LogP contribution is 2.18. The van der Waals surface area contributed by atoms with E-state index in [0.29, 0.717) is 19.7 Å². The van der Waals surface area contributed by atoms with Gasteiger partial charge < -0.3 is 20.5 Å². The summed E-state index contributed by atoms with van der Waals surface area (Å²) >= 11 is 0. The number of benzene rings is 1. The van der Waals surface area contributed by atoms with Crippen LogP contribution in [0.15, 0.2) is 24.3 Å². The highest BCUT2D eigenvalue weighted by molar-refractivity contribution is 5.81. The Labute approximate surface area is 119 Å². The molecule has 1 aromatic carbocycles. The Bertz CT molecular complexity index is 433. The average molecular weight is 278 g/mol. The van der Waals surface area contributed by atoms with E-state index in [-0.39, 0.29) is 18.1 Å². The van der Waals surface area contributed by atoms with Crippen molar-refractivity contribution in [3.05, 3.63) is 29.8 Å². The molecule has 1 aliphatic rings. The summed E-state index contributed by atoms with van der Waals surface area (Å²) in [5.74, 6) is 0.735. The molecule has 3 N–H and O–H groups in total. The lowest BCUT2D eigenvalue weighted by Gasteiger charge is -2.13. The van der Waals surface area contributed by atoms with Crippen molar-refractivity contribution in [3.8, 4) is 5.75 Å². The largest absolute Gasteiger partial charge is 0.492 e. The zero-order valence-corrected chi connectivity index (χ0v) is 11.8. The fourth-order valence-corrected chi connectivity index (χ4v) is 2.16. The predicted molar refractivity (Wildman–Crippen MR) is 76.6 cm³/mol. The molecule has 20 heavy (non-hydrogen) atoms. The van der Waals surface area contributed by atoms with Gasteiger partial charge in [-0.1, -0.05) is 17.7 Å². The van der Waals surface area contributed by atoms with E-state index in [1.807, 2.05) is 31.2 Å². The zero-order chi connectivity index (χ0) is 14.4. The maximum absolute atomic E-state index is 11.8. The predicted octanol–water partition coefficient (Wildman–Crippen LogP) is 0.996. The Morgan fingerprint density at radius 1 is 1.40 bits per heavy atom. The molecule has 1 aliphatic heterocycles. The van der Waals surface area contributed by atoms with E-state index in [9.17, 15) is 4.79 Å². The molecule has 1 heterocycles. The molecular formula is C15H22N2O3. The van der Waals surface area contributed by atoms with Crippen molar-refractivity contribution in [1.29, 1.82) is 0 Å². The SMILES string of the molecule is Cc1ccc(OCCNC(=O)[C@@H]2CC[C@H](CN)O2)cc1. The molecule has 5 nitrogen and oxygen atoms in total.